The highest BCUT2D eigenvalue weighted by molar-refractivity contribution is 5.22. The molecule has 1 aromatic rings. The van der Waals surface area contributed by atoms with Gasteiger partial charge in [0.2, 0.25) is 0 Å². The van der Waals surface area contributed by atoms with Gasteiger partial charge in [0.25, 0.3) is 0 Å². The molecule has 1 rings (SSSR count). The number of nitrogens with one attached hydrogen (secondary N) is 1. The summed E-state index contributed by atoms with van der Waals surface area (Å²) in [6, 6.07) is 9.35. The predicted octanol–water partition coefficient (Wildman–Crippen LogP) is 2.54. The smallest absolute Gasteiger partial charge is 0.0102 e. The van der Waals surface area contributed by atoms with Crippen LogP contribution in [0.3, 0.4) is 0 Å². The minimum absolute atomic E-state index is 0.613. The van der Waals surface area contributed by atoms with Gasteiger partial charge in [0.15, 0.2) is 0 Å². The molecule has 0 fully saturated rings. The van der Waals surface area contributed by atoms with Gasteiger partial charge in [-0.2, -0.15) is 0 Å². The molecule has 72 valence electrons. The van der Waals surface area contributed by atoms with Gasteiger partial charge in [0.1, 0.15) is 0 Å². The molecule has 0 saturated carbocycles. The van der Waals surface area contributed by atoms with Crippen molar-refractivity contribution in [1.82, 2.24) is 5.32 Å². The first-order chi connectivity index (χ1) is 6.26. The van der Waals surface area contributed by atoms with E-state index in [1.807, 2.05) is 7.05 Å². The van der Waals surface area contributed by atoms with Gasteiger partial charge in [-0.15, -0.1) is 0 Å². The molecule has 1 nitrogen and oxygen atoms in total. The molecule has 0 heterocycles. The van der Waals surface area contributed by atoms with Crippen LogP contribution in [0.15, 0.2) is 24.3 Å². The Morgan fingerprint density at radius 2 is 2.15 bits per heavy atom. The third kappa shape index (κ3) is 3.19. The number of hydrogen-bond acceptors (Lipinski definition) is 1. The zero-order valence-electron chi connectivity index (χ0n) is 8.80. The van der Waals surface area contributed by atoms with Crippen LogP contribution in [0.2, 0.25) is 0 Å². The standard InChI is InChI=1S/C12H19N/c1-4-12(13-3)9-11-7-5-6-10(2)8-11/h5-8,12-13H,4,9H2,1-3H3. The quantitative estimate of drug-likeness (QED) is 0.745. The summed E-state index contributed by atoms with van der Waals surface area (Å²) in [7, 11) is 2.03. The minimum atomic E-state index is 0.613. The van der Waals surface area contributed by atoms with Gasteiger partial charge >= 0.3 is 0 Å². The highest BCUT2D eigenvalue weighted by atomic mass is 14.9. The Morgan fingerprint density at radius 1 is 1.38 bits per heavy atom. The van der Waals surface area contributed by atoms with Gasteiger partial charge in [-0.3, -0.25) is 0 Å². The van der Waals surface area contributed by atoms with Crippen molar-refractivity contribution in [2.75, 3.05) is 7.05 Å². The van der Waals surface area contributed by atoms with Crippen molar-refractivity contribution < 1.29 is 0 Å². The first kappa shape index (κ1) is 10.3. The Morgan fingerprint density at radius 3 is 2.69 bits per heavy atom. The highest BCUT2D eigenvalue weighted by Crippen LogP contribution is 2.08. The molecule has 0 aliphatic heterocycles. The summed E-state index contributed by atoms with van der Waals surface area (Å²) in [5, 5.41) is 3.32. The van der Waals surface area contributed by atoms with E-state index in [1.165, 1.54) is 17.5 Å². The van der Waals surface area contributed by atoms with E-state index in [9.17, 15) is 0 Å². The van der Waals surface area contributed by atoms with Crippen LogP contribution in [0.1, 0.15) is 24.5 Å². The summed E-state index contributed by atoms with van der Waals surface area (Å²) in [6.45, 7) is 4.36. The zero-order chi connectivity index (χ0) is 9.68. The van der Waals surface area contributed by atoms with Gasteiger partial charge in [-0.1, -0.05) is 36.8 Å². The summed E-state index contributed by atoms with van der Waals surface area (Å²) in [5.74, 6) is 0. The lowest BCUT2D eigenvalue weighted by Gasteiger charge is -2.13. The topological polar surface area (TPSA) is 12.0 Å². The third-order valence-electron chi connectivity index (χ3n) is 2.47. The van der Waals surface area contributed by atoms with Crippen LogP contribution in [-0.4, -0.2) is 13.1 Å². The monoisotopic (exact) mass is 177 g/mol. The molecule has 0 aliphatic carbocycles. The van der Waals surface area contributed by atoms with E-state index in [1.54, 1.807) is 0 Å². The molecule has 0 amide bonds. The maximum atomic E-state index is 3.32. The second-order valence-corrected chi connectivity index (χ2v) is 3.59. The lowest BCUT2D eigenvalue weighted by atomic mass is 10.0. The molecule has 1 heteroatoms. The number of benzene rings is 1. The first-order valence-corrected chi connectivity index (χ1v) is 4.99. The summed E-state index contributed by atoms with van der Waals surface area (Å²) >= 11 is 0. The van der Waals surface area contributed by atoms with Crippen LogP contribution in [0.25, 0.3) is 0 Å². The molecule has 13 heavy (non-hydrogen) atoms. The molecule has 0 radical (unpaired) electrons. The van der Waals surface area contributed by atoms with Crippen LogP contribution < -0.4 is 5.32 Å². The van der Waals surface area contributed by atoms with Gasteiger partial charge < -0.3 is 5.32 Å². The van der Waals surface area contributed by atoms with Crippen molar-refractivity contribution in [1.29, 1.82) is 0 Å². The maximum absolute atomic E-state index is 3.32. The average molecular weight is 177 g/mol. The Balaban J connectivity index is 2.62. The third-order valence-corrected chi connectivity index (χ3v) is 2.47. The number of rotatable bonds is 4. The van der Waals surface area contributed by atoms with Crippen molar-refractivity contribution >= 4 is 0 Å². The molecule has 1 aromatic carbocycles. The Kier molecular flexibility index (Phi) is 3.97. The lowest BCUT2D eigenvalue weighted by Crippen LogP contribution is -2.26. The normalized spacial score (nSPS) is 12.8. The molecule has 0 spiro atoms. The number of aryl methyl sites for hydroxylation is 1. The van der Waals surface area contributed by atoms with Gasteiger partial charge in [-0.05, 0) is 32.4 Å². The molecule has 1 N–H and O–H groups in total. The summed E-state index contributed by atoms with van der Waals surface area (Å²) in [6.07, 6.45) is 2.32. The Hall–Kier alpha value is -0.820. The molecule has 0 saturated heterocycles. The molecule has 0 aromatic heterocycles. The van der Waals surface area contributed by atoms with Crippen LogP contribution in [0.5, 0.6) is 0 Å². The number of likely N-dealkylation sites (N-methyl/N-ethyl adjacent to an activating group) is 1. The molecule has 0 bridgehead atoms. The van der Waals surface area contributed by atoms with Crippen molar-refractivity contribution in [3.8, 4) is 0 Å². The fraction of sp³-hybridized carbons (Fsp3) is 0.500. The van der Waals surface area contributed by atoms with Crippen molar-refractivity contribution in [2.45, 2.75) is 32.7 Å². The van der Waals surface area contributed by atoms with Crippen LogP contribution >= 0.6 is 0 Å². The number of hydrogen-bond donors (Lipinski definition) is 1. The molecule has 1 atom stereocenters. The van der Waals surface area contributed by atoms with Gasteiger partial charge in [0.05, 0.1) is 0 Å². The average Bonchev–Trinajstić information content (AvgIpc) is 2.14. The van der Waals surface area contributed by atoms with Gasteiger partial charge in [-0.25, -0.2) is 0 Å². The van der Waals surface area contributed by atoms with Crippen molar-refractivity contribution in [3.05, 3.63) is 35.4 Å². The molecule has 1 unspecified atom stereocenters. The van der Waals surface area contributed by atoms with E-state index in [-0.39, 0.29) is 0 Å². The van der Waals surface area contributed by atoms with E-state index in [0.29, 0.717) is 6.04 Å². The maximum Gasteiger partial charge on any atom is 0.0102 e. The molecule has 0 aliphatic rings. The Bertz CT molecular complexity index is 251. The molecular weight excluding hydrogens is 158 g/mol. The lowest BCUT2D eigenvalue weighted by molar-refractivity contribution is 0.543. The fourth-order valence-corrected chi connectivity index (χ4v) is 1.57. The summed E-state index contributed by atoms with van der Waals surface area (Å²) in [4.78, 5) is 0. The summed E-state index contributed by atoms with van der Waals surface area (Å²) < 4.78 is 0. The van der Waals surface area contributed by atoms with E-state index < -0.39 is 0 Å². The minimum Gasteiger partial charge on any atom is -0.317 e. The predicted molar refractivity (Wildman–Crippen MR) is 58.0 cm³/mol. The zero-order valence-corrected chi connectivity index (χ0v) is 8.80. The van der Waals surface area contributed by atoms with Gasteiger partial charge in [0, 0.05) is 6.04 Å². The first-order valence-electron chi connectivity index (χ1n) is 4.99. The van der Waals surface area contributed by atoms with E-state index in [4.69, 9.17) is 0 Å². The second kappa shape index (κ2) is 5.03. The van der Waals surface area contributed by atoms with E-state index in [2.05, 4.69) is 43.4 Å². The van der Waals surface area contributed by atoms with E-state index in [0.717, 1.165) is 6.42 Å². The Labute approximate surface area is 81.2 Å². The molecular formula is C12H19N. The van der Waals surface area contributed by atoms with E-state index >= 15 is 0 Å². The van der Waals surface area contributed by atoms with Crippen molar-refractivity contribution in [3.63, 3.8) is 0 Å². The second-order valence-electron chi connectivity index (χ2n) is 3.59. The SMILES string of the molecule is CCC(Cc1cccc(C)c1)NC. The highest BCUT2D eigenvalue weighted by Gasteiger charge is 2.03. The summed E-state index contributed by atoms with van der Waals surface area (Å²) in [5.41, 5.74) is 2.78. The fourth-order valence-electron chi connectivity index (χ4n) is 1.57. The van der Waals surface area contributed by atoms with Crippen molar-refractivity contribution in [2.24, 2.45) is 0 Å². The van der Waals surface area contributed by atoms with Crippen LogP contribution in [0, 0.1) is 6.92 Å². The van der Waals surface area contributed by atoms with Crippen LogP contribution in [0.4, 0.5) is 0 Å². The van der Waals surface area contributed by atoms with Crippen LogP contribution in [-0.2, 0) is 6.42 Å². The largest absolute Gasteiger partial charge is 0.317 e.